The summed E-state index contributed by atoms with van der Waals surface area (Å²) in [5, 5.41) is 0. The summed E-state index contributed by atoms with van der Waals surface area (Å²) in [6, 6.07) is 9.18. The fourth-order valence-electron chi connectivity index (χ4n) is 2.47. The van der Waals surface area contributed by atoms with Gasteiger partial charge in [0, 0.05) is 0 Å². The summed E-state index contributed by atoms with van der Waals surface area (Å²) in [7, 11) is 0. The monoisotopic (exact) mass is 264 g/mol. The summed E-state index contributed by atoms with van der Waals surface area (Å²) in [5.74, 6) is -0.227. The number of esters is 1. The number of ether oxygens (including phenoxy) is 1. The normalized spacial score (nSPS) is 13.1. The van der Waals surface area contributed by atoms with Gasteiger partial charge in [0.15, 0.2) is 0 Å². The van der Waals surface area contributed by atoms with Crippen molar-refractivity contribution in [1.82, 2.24) is 0 Å². The van der Waals surface area contributed by atoms with Gasteiger partial charge in [-0.15, -0.1) is 0 Å². The van der Waals surface area contributed by atoms with E-state index in [0.717, 1.165) is 30.7 Å². The predicted octanol–water partition coefficient (Wildman–Crippen LogP) is 3.11. The first-order valence-electron chi connectivity index (χ1n) is 7.18. The van der Waals surface area contributed by atoms with E-state index in [1.165, 1.54) is 0 Å². The molecule has 0 heterocycles. The molecule has 1 unspecified atom stereocenters. The fraction of sp³-hybridized carbons (Fsp3) is 0.562. The Bertz CT molecular complexity index is 377. The van der Waals surface area contributed by atoms with Gasteiger partial charge in [-0.25, -0.2) is 4.79 Å². The predicted molar refractivity (Wildman–Crippen MR) is 78.1 cm³/mol. The molecule has 0 radical (unpaired) electrons. The van der Waals surface area contributed by atoms with Crippen LogP contribution in [0.1, 0.15) is 38.1 Å². The zero-order valence-electron chi connectivity index (χ0n) is 12.6. The molecule has 0 aromatic heterocycles. The van der Waals surface area contributed by atoms with Crippen LogP contribution in [0.15, 0.2) is 30.3 Å². The van der Waals surface area contributed by atoms with Crippen LogP contribution in [-0.2, 0) is 4.74 Å². The SMILES string of the molecule is CC[N+](CC)(CC)CC(C)OC(=O)c1ccccc1. The number of rotatable bonds is 7. The van der Waals surface area contributed by atoms with Gasteiger partial charge >= 0.3 is 5.97 Å². The zero-order chi connectivity index (χ0) is 14.3. The Morgan fingerprint density at radius 3 is 2.11 bits per heavy atom. The standard InChI is InChI=1S/C16H26NO2/c1-5-17(6-2,7-3)13-14(4)19-16(18)15-11-9-8-10-12-15/h8-12,14H,5-7,13H2,1-4H3/q+1. The molecule has 0 fully saturated rings. The minimum Gasteiger partial charge on any atom is -0.453 e. The van der Waals surface area contributed by atoms with Crippen LogP contribution in [0.3, 0.4) is 0 Å². The third-order valence-corrected chi connectivity index (χ3v) is 3.97. The van der Waals surface area contributed by atoms with Crippen molar-refractivity contribution in [3.05, 3.63) is 35.9 Å². The second-order valence-corrected chi connectivity index (χ2v) is 5.05. The molecule has 106 valence electrons. The molecule has 0 saturated heterocycles. The van der Waals surface area contributed by atoms with Crippen molar-refractivity contribution in [3.8, 4) is 0 Å². The summed E-state index contributed by atoms with van der Waals surface area (Å²) in [6.45, 7) is 12.6. The van der Waals surface area contributed by atoms with E-state index in [1.54, 1.807) is 12.1 Å². The lowest BCUT2D eigenvalue weighted by Gasteiger charge is -2.37. The summed E-state index contributed by atoms with van der Waals surface area (Å²) >= 11 is 0. The molecule has 1 atom stereocenters. The smallest absolute Gasteiger partial charge is 0.338 e. The molecule has 1 aromatic carbocycles. The quantitative estimate of drug-likeness (QED) is 0.559. The summed E-state index contributed by atoms with van der Waals surface area (Å²) in [5.41, 5.74) is 0.622. The number of hydrogen-bond donors (Lipinski definition) is 0. The van der Waals surface area contributed by atoms with Gasteiger partial charge in [0.05, 0.1) is 25.2 Å². The van der Waals surface area contributed by atoms with Crippen molar-refractivity contribution in [3.63, 3.8) is 0 Å². The van der Waals surface area contributed by atoms with E-state index in [1.807, 2.05) is 25.1 Å². The van der Waals surface area contributed by atoms with Crippen molar-refractivity contribution in [1.29, 1.82) is 0 Å². The van der Waals surface area contributed by atoms with Gasteiger partial charge in [0.2, 0.25) is 0 Å². The number of hydrogen-bond acceptors (Lipinski definition) is 2. The van der Waals surface area contributed by atoms with Crippen LogP contribution in [0.4, 0.5) is 0 Å². The number of carbonyl (C=O) groups is 1. The Morgan fingerprint density at radius 2 is 1.63 bits per heavy atom. The average molecular weight is 264 g/mol. The van der Waals surface area contributed by atoms with Gasteiger partial charge in [0.1, 0.15) is 12.6 Å². The summed E-state index contributed by atoms with van der Waals surface area (Å²) in [6.07, 6.45) is -0.0624. The molecule has 3 nitrogen and oxygen atoms in total. The average Bonchev–Trinajstić information content (AvgIpc) is 2.46. The van der Waals surface area contributed by atoms with Crippen LogP contribution in [0.5, 0.6) is 0 Å². The van der Waals surface area contributed by atoms with E-state index >= 15 is 0 Å². The molecule has 1 rings (SSSR count). The minimum atomic E-state index is -0.227. The molecule has 3 heteroatoms. The largest absolute Gasteiger partial charge is 0.453 e. The van der Waals surface area contributed by atoms with Crippen molar-refractivity contribution in [2.45, 2.75) is 33.8 Å². The fourth-order valence-corrected chi connectivity index (χ4v) is 2.47. The highest BCUT2D eigenvalue weighted by atomic mass is 16.5. The van der Waals surface area contributed by atoms with Crippen molar-refractivity contribution in [2.24, 2.45) is 0 Å². The molecule has 0 bridgehead atoms. The van der Waals surface area contributed by atoms with Gasteiger partial charge < -0.3 is 9.22 Å². The van der Waals surface area contributed by atoms with Gasteiger partial charge in [-0.2, -0.15) is 0 Å². The molecule has 0 aliphatic carbocycles. The summed E-state index contributed by atoms with van der Waals surface area (Å²) < 4.78 is 6.53. The van der Waals surface area contributed by atoms with Crippen LogP contribution in [-0.4, -0.2) is 42.7 Å². The minimum absolute atomic E-state index is 0.0624. The lowest BCUT2D eigenvalue weighted by Crippen LogP contribution is -2.52. The van der Waals surface area contributed by atoms with Gasteiger partial charge in [-0.3, -0.25) is 0 Å². The zero-order valence-corrected chi connectivity index (χ0v) is 12.6. The molecular formula is C16H26NO2+. The van der Waals surface area contributed by atoms with Crippen LogP contribution in [0, 0.1) is 0 Å². The Hall–Kier alpha value is -1.35. The maximum atomic E-state index is 12.0. The lowest BCUT2D eigenvalue weighted by atomic mass is 10.2. The van der Waals surface area contributed by atoms with E-state index in [9.17, 15) is 4.79 Å². The Balaban J connectivity index is 2.60. The molecular weight excluding hydrogens is 238 g/mol. The Morgan fingerprint density at radius 1 is 1.11 bits per heavy atom. The Kier molecular flexibility index (Phi) is 6.03. The first-order valence-corrected chi connectivity index (χ1v) is 7.18. The van der Waals surface area contributed by atoms with Crippen molar-refractivity contribution < 1.29 is 14.0 Å². The van der Waals surface area contributed by atoms with Gasteiger partial charge in [0.25, 0.3) is 0 Å². The number of carbonyl (C=O) groups excluding carboxylic acids is 1. The first kappa shape index (κ1) is 15.7. The highest BCUT2D eigenvalue weighted by Gasteiger charge is 2.26. The van der Waals surface area contributed by atoms with Crippen molar-refractivity contribution in [2.75, 3.05) is 26.2 Å². The van der Waals surface area contributed by atoms with Crippen LogP contribution in [0.25, 0.3) is 0 Å². The van der Waals surface area contributed by atoms with Crippen molar-refractivity contribution >= 4 is 5.97 Å². The number of likely N-dealkylation sites (N-methyl/N-ethyl adjacent to an activating group) is 1. The molecule has 0 aliphatic heterocycles. The van der Waals surface area contributed by atoms with Gasteiger partial charge in [-0.05, 0) is 39.8 Å². The number of nitrogens with zero attached hydrogens (tertiary/aromatic N) is 1. The molecule has 0 amide bonds. The second kappa shape index (κ2) is 7.29. The first-order chi connectivity index (χ1) is 9.06. The molecule has 0 saturated carbocycles. The topological polar surface area (TPSA) is 26.3 Å². The molecule has 19 heavy (non-hydrogen) atoms. The molecule has 0 N–H and O–H groups in total. The second-order valence-electron chi connectivity index (χ2n) is 5.05. The number of benzene rings is 1. The van der Waals surface area contributed by atoms with E-state index < -0.39 is 0 Å². The molecule has 1 aromatic rings. The molecule has 0 aliphatic rings. The molecule has 0 spiro atoms. The van der Waals surface area contributed by atoms with E-state index in [-0.39, 0.29) is 12.1 Å². The van der Waals surface area contributed by atoms with E-state index in [4.69, 9.17) is 4.74 Å². The number of quaternary nitrogens is 1. The maximum Gasteiger partial charge on any atom is 0.338 e. The Labute approximate surface area is 116 Å². The van der Waals surface area contributed by atoms with E-state index in [0.29, 0.717) is 5.56 Å². The van der Waals surface area contributed by atoms with Gasteiger partial charge in [-0.1, -0.05) is 18.2 Å². The van der Waals surface area contributed by atoms with Crippen LogP contribution < -0.4 is 0 Å². The van der Waals surface area contributed by atoms with Crippen LogP contribution in [0.2, 0.25) is 0 Å². The van der Waals surface area contributed by atoms with E-state index in [2.05, 4.69) is 20.8 Å². The third kappa shape index (κ3) is 4.35. The summed E-state index contributed by atoms with van der Waals surface area (Å²) in [4.78, 5) is 12.0. The van der Waals surface area contributed by atoms with Crippen LogP contribution >= 0.6 is 0 Å². The highest BCUT2D eigenvalue weighted by Crippen LogP contribution is 2.11. The highest BCUT2D eigenvalue weighted by molar-refractivity contribution is 5.89. The maximum absolute atomic E-state index is 12.0. The lowest BCUT2D eigenvalue weighted by molar-refractivity contribution is -0.925. The third-order valence-electron chi connectivity index (χ3n) is 3.97.